The van der Waals surface area contributed by atoms with E-state index in [0.29, 0.717) is 13.2 Å². The van der Waals surface area contributed by atoms with Crippen molar-refractivity contribution < 1.29 is 9.15 Å². The summed E-state index contributed by atoms with van der Waals surface area (Å²) >= 11 is 3.26. The molecule has 0 aromatic carbocycles. The van der Waals surface area contributed by atoms with Crippen LogP contribution in [0.2, 0.25) is 0 Å². The average molecular weight is 288 g/mol. The smallest absolute Gasteiger partial charge is 0.169 e. The molecule has 1 saturated carbocycles. The third kappa shape index (κ3) is 3.34. The predicted octanol–water partition coefficient (Wildman–Crippen LogP) is 3.22. The zero-order valence-electron chi connectivity index (χ0n) is 9.38. The number of hydrogen-bond donors (Lipinski definition) is 1. The first-order chi connectivity index (χ1) is 7.68. The number of halogens is 1. The molecule has 0 bridgehead atoms. The molecule has 1 aromatic rings. The normalized spacial score (nSPS) is 19.9. The minimum Gasteiger partial charge on any atom is -0.452 e. The van der Waals surface area contributed by atoms with E-state index in [2.05, 4.69) is 15.9 Å². The van der Waals surface area contributed by atoms with Crippen LogP contribution in [0.5, 0.6) is 0 Å². The number of rotatable bonds is 4. The second-order valence-electron chi connectivity index (χ2n) is 4.62. The monoisotopic (exact) mass is 287 g/mol. The van der Waals surface area contributed by atoms with Crippen LogP contribution in [0.1, 0.15) is 37.9 Å². The highest BCUT2D eigenvalue weighted by Crippen LogP contribution is 2.26. The third-order valence-electron chi connectivity index (χ3n) is 3.11. The van der Waals surface area contributed by atoms with E-state index in [1.54, 1.807) is 0 Å². The lowest BCUT2D eigenvalue weighted by molar-refractivity contribution is 0.0483. The summed E-state index contributed by atoms with van der Waals surface area (Å²) < 4.78 is 11.7. The maximum atomic E-state index is 6.26. The van der Waals surface area contributed by atoms with Crippen LogP contribution in [0.15, 0.2) is 21.2 Å². The van der Waals surface area contributed by atoms with E-state index in [-0.39, 0.29) is 5.54 Å². The van der Waals surface area contributed by atoms with Gasteiger partial charge in [-0.1, -0.05) is 19.3 Å². The molecular weight excluding hydrogens is 270 g/mol. The summed E-state index contributed by atoms with van der Waals surface area (Å²) in [5, 5.41) is 0. The van der Waals surface area contributed by atoms with Crippen LogP contribution in [0.3, 0.4) is 0 Å². The summed E-state index contributed by atoms with van der Waals surface area (Å²) in [6, 6.07) is 3.78. The summed E-state index contributed by atoms with van der Waals surface area (Å²) in [4.78, 5) is 0. The second-order valence-corrected chi connectivity index (χ2v) is 5.40. The van der Waals surface area contributed by atoms with E-state index in [0.717, 1.165) is 23.3 Å². The molecule has 0 aliphatic heterocycles. The van der Waals surface area contributed by atoms with Crippen LogP contribution in [-0.4, -0.2) is 12.1 Å². The molecule has 0 unspecified atom stereocenters. The van der Waals surface area contributed by atoms with Gasteiger partial charge in [-0.05, 0) is 40.9 Å². The van der Waals surface area contributed by atoms with Gasteiger partial charge in [0.2, 0.25) is 0 Å². The summed E-state index contributed by atoms with van der Waals surface area (Å²) in [5.74, 6) is 0.839. The van der Waals surface area contributed by atoms with Crippen molar-refractivity contribution in [2.75, 3.05) is 6.61 Å². The van der Waals surface area contributed by atoms with Crippen molar-refractivity contribution in [1.29, 1.82) is 0 Å². The Morgan fingerprint density at radius 2 is 2.06 bits per heavy atom. The Morgan fingerprint density at radius 3 is 2.69 bits per heavy atom. The van der Waals surface area contributed by atoms with Crippen molar-refractivity contribution in [3.8, 4) is 0 Å². The number of ether oxygens (including phenoxy) is 1. The Labute approximate surface area is 104 Å². The molecule has 1 heterocycles. The zero-order valence-corrected chi connectivity index (χ0v) is 11.0. The summed E-state index contributed by atoms with van der Waals surface area (Å²) in [6.07, 6.45) is 5.92. The van der Waals surface area contributed by atoms with Crippen molar-refractivity contribution in [3.63, 3.8) is 0 Å². The predicted molar refractivity (Wildman–Crippen MR) is 66.1 cm³/mol. The molecule has 1 aliphatic carbocycles. The van der Waals surface area contributed by atoms with Gasteiger partial charge in [-0.3, -0.25) is 0 Å². The highest BCUT2D eigenvalue weighted by molar-refractivity contribution is 9.10. The van der Waals surface area contributed by atoms with Gasteiger partial charge in [0.15, 0.2) is 4.67 Å². The van der Waals surface area contributed by atoms with E-state index >= 15 is 0 Å². The van der Waals surface area contributed by atoms with Crippen molar-refractivity contribution >= 4 is 15.9 Å². The molecule has 2 N–H and O–H groups in total. The summed E-state index contributed by atoms with van der Waals surface area (Å²) in [7, 11) is 0. The van der Waals surface area contributed by atoms with Gasteiger partial charge in [0.05, 0.1) is 6.61 Å². The molecule has 1 aliphatic rings. The lowest BCUT2D eigenvalue weighted by Gasteiger charge is -2.32. The maximum Gasteiger partial charge on any atom is 0.169 e. The largest absolute Gasteiger partial charge is 0.452 e. The zero-order chi connectivity index (χ0) is 11.4. The fourth-order valence-electron chi connectivity index (χ4n) is 2.18. The molecule has 0 radical (unpaired) electrons. The van der Waals surface area contributed by atoms with Gasteiger partial charge in [-0.2, -0.15) is 0 Å². The van der Waals surface area contributed by atoms with Crippen molar-refractivity contribution in [2.45, 2.75) is 44.2 Å². The fourth-order valence-corrected chi connectivity index (χ4v) is 2.52. The van der Waals surface area contributed by atoms with Gasteiger partial charge >= 0.3 is 0 Å². The average Bonchev–Trinajstić information content (AvgIpc) is 2.65. The van der Waals surface area contributed by atoms with Gasteiger partial charge in [-0.15, -0.1) is 0 Å². The highest BCUT2D eigenvalue weighted by atomic mass is 79.9. The molecule has 1 fully saturated rings. The minimum absolute atomic E-state index is 0.109. The molecule has 1 aromatic heterocycles. The molecule has 0 amide bonds. The SMILES string of the molecule is NC1(COCc2ccc(Br)o2)CCCCC1. The van der Waals surface area contributed by atoms with Crippen LogP contribution in [-0.2, 0) is 11.3 Å². The third-order valence-corrected chi connectivity index (χ3v) is 3.54. The topological polar surface area (TPSA) is 48.4 Å². The second kappa shape index (κ2) is 5.34. The van der Waals surface area contributed by atoms with Gasteiger partial charge < -0.3 is 14.9 Å². The van der Waals surface area contributed by atoms with E-state index in [4.69, 9.17) is 14.9 Å². The molecule has 0 atom stereocenters. The molecule has 90 valence electrons. The Bertz CT molecular complexity index is 332. The Kier molecular flexibility index (Phi) is 4.05. The molecule has 0 spiro atoms. The molecular formula is C12H18BrNO2. The number of furan rings is 1. The van der Waals surface area contributed by atoms with Crippen molar-refractivity contribution in [1.82, 2.24) is 0 Å². The van der Waals surface area contributed by atoms with Crippen LogP contribution in [0, 0.1) is 0 Å². The lowest BCUT2D eigenvalue weighted by atomic mass is 9.83. The molecule has 0 saturated heterocycles. The van der Waals surface area contributed by atoms with Gasteiger partial charge in [0, 0.05) is 5.54 Å². The first-order valence-electron chi connectivity index (χ1n) is 5.79. The van der Waals surface area contributed by atoms with E-state index in [9.17, 15) is 0 Å². The van der Waals surface area contributed by atoms with E-state index < -0.39 is 0 Å². The van der Waals surface area contributed by atoms with Crippen LogP contribution < -0.4 is 5.73 Å². The Morgan fingerprint density at radius 1 is 1.31 bits per heavy atom. The molecule has 4 heteroatoms. The first-order valence-corrected chi connectivity index (χ1v) is 6.58. The number of nitrogens with two attached hydrogens (primary N) is 1. The fraction of sp³-hybridized carbons (Fsp3) is 0.667. The highest BCUT2D eigenvalue weighted by Gasteiger charge is 2.27. The van der Waals surface area contributed by atoms with Crippen LogP contribution in [0.4, 0.5) is 0 Å². The van der Waals surface area contributed by atoms with Gasteiger partial charge in [-0.25, -0.2) is 0 Å². The summed E-state index contributed by atoms with van der Waals surface area (Å²) in [5.41, 5.74) is 6.15. The lowest BCUT2D eigenvalue weighted by Crippen LogP contribution is -2.46. The molecule has 2 rings (SSSR count). The maximum absolute atomic E-state index is 6.26. The van der Waals surface area contributed by atoms with Gasteiger partial charge in [0.25, 0.3) is 0 Å². The van der Waals surface area contributed by atoms with Crippen molar-refractivity contribution in [2.24, 2.45) is 5.73 Å². The first kappa shape index (κ1) is 12.1. The van der Waals surface area contributed by atoms with Crippen molar-refractivity contribution in [3.05, 3.63) is 22.6 Å². The van der Waals surface area contributed by atoms with E-state index in [1.807, 2.05) is 12.1 Å². The quantitative estimate of drug-likeness (QED) is 0.925. The molecule has 3 nitrogen and oxygen atoms in total. The Balaban J connectivity index is 1.74. The summed E-state index contributed by atoms with van der Waals surface area (Å²) in [6.45, 7) is 1.13. The molecule has 16 heavy (non-hydrogen) atoms. The van der Waals surface area contributed by atoms with E-state index in [1.165, 1.54) is 19.3 Å². The van der Waals surface area contributed by atoms with Crippen LogP contribution >= 0.6 is 15.9 Å². The minimum atomic E-state index is -0.109. The standard InChI is InChI=1S/C12H18BrNO2/c13-11-5-4-10(16-11)8-15-9-12(14)6-2-1-3-7-12/h4-5H,1-3,6-9,14H2. The number of hydrogen-bond acceptors (Lipinski definition) is 3. The van der Waals surface area contributed by atoms with Gasteiger partial charge in [0.1, 0.15) is 12.4 Å². The van der Waals surface area contributed by atoms with Crippen LogP contribution in [0.25, 0.3) is 0 Å². The Hall–Kier alpha value is -0.320.